The lowest BCUT2D eigenvalue weighted by molar-refractivity contribution is 0.0696. The van der Waals surface area contributed by atoms with Crippen LogP contribution in [0.1, 0.15) is 21.5 Å². The Morgan fingerprint density at radius 2 is 2.15 bits per heavy atom. The quantitative estimate of drug-likeness (QED) is 0.842. The summed E-state index contributed by atoms with van der Waals surface area (Å²) in [5.41, 5.74) is 2.18. The minimum Gasteiger partial charge on any atom is -0.481 e. The molecule has 2 N–H and O–H groups in total. The fraction of sp³-hybridized carbons (Fsp3) is 0.200. The van der Waals surface area contributed by atoms with Crippen molar-refractivity contribution in [1.29, 1.82) is 0 Å². The van der Waals surface area contributed by atoms with Crippen molar-refractivity contribution < 1.29 is 14.6 Å². The Morgan fingerprint density at radius 3 is 2.90 bits per heavy atom. The molecule has 20 heavy (non-hydrogen) atoms. The first kappa shape index (κ1) is 14.0. The molecule has 5 nitrogen and oxygen atoms in total. The number of nitrogens with one attached hydrogen (secondary N) is 1. The zero-order valence-electron chi connectivity index (χ0n) is 11.2. The molecule has 0 saturated heterocycles. The van der Waals surface area contributed by atoms with Crippen molar-refractivity contribution >= 4 is 5.97 Å². The number of methoxy groups -OCH3 is 1. The standard InChI is InChI=1S/C15H16N2O3/c1-20-14-13(6-3-7-17-14)10-16-9-11-4-2-5-12(8-11)15(18)19/h2-8,16H,9-10H2,1H3,(H,18,19). The van der Waals surface area contributed by atoms with E-state index in [-0.39, 0.29) is 0 Å². The third-order valence-corrected chi connectivity index (χ3v) is 2.86. The highest BCUT2D eigenvalue weighted by atomic mass is 16.5. The Kier molecular flexibility index (Phi) is 4.68. The summed E-state index contributed by atoms with van der Waals surface area (Å²) in [7, 11) is 1.59. The highest BCUT2D eigenvalue weighted by molar-refractivity contribution is 5.87. The lowest BCUT2D eigenvalue weighted by Gasteiger charge is -2.08. The Labute approximate surface area is 117 Å². The minimum absolute atomic E-state index is 0.295. The smallest absolute Gasteiger partial charge is 0.335 e. The number of ether oxygens (including phenoxy) is 1. The van der Waals surface area contributed by atoms with E-state index >= 15 is 0 Å². The van der Waals surface area contributed by atoms with Gasteiger partial charge in [0.25, 0.3) is 0 Å². The van der Waals surface area contributed by atoms with Crippen molar-refractivity contribution in [3.8, 4) is 5.88 Å². The van der Waals surface area contributed by atoms with Gasteiger partial charge in [-0.05, 0) is 23.8 Å². The van der Waals surface area contributed by atoms with Gasteiger partial charge in [0.15, 0.2) is 0 Å². The highest BCUT2D eigenvalue weighted by Crippen LogP contribution is 2.13. The summed E-state index contributed by atoms with van der Waals surface area (Å²) < 4.78 is 5.17. The van der Waals surface area contributed by atoms with Crippen molar-refractivity contribution in [2.45, 2.75) is 13.1 Å². The van der Waals surface area contributed by atoms with E-state index in [9.17, 15) is 4.79 Å². The van der Waals surface area contributed by atoms with Crippen molar-refractivity contribution in [1.82, 2.24) is 10.3 Å². The molecule has 0 fully saturated rings. The number of hydrogen-bond acceptors (Lipinski definition) is 4. The van der Waals surface area contributed by atoms with E-state index in [1.54, 1.807) is 31.5 Å². The zero-order chi connectivity index (χ0) is 14.4. The van der Waals surface area contributed by atoms with Gasteiger partial charge in [0, 0.05) is 24.8 Å². The number of rotatable bonds is 6. The Balaban J connectivity index is 1.96. The van der Waals surface area contributed by atoms with Gasteiger partial charge in [0.1, 0.15) is 0 Å². The van der Waals surface area contributed by atoms with E-state index in [2.05, 4.69) is 10.3 Å². The second kappa shape index (κ2) is 6.68. The van der Waals surface area contributed by atoms with Gasteiger partial charge in [-0.15, -0.1) is 0 Å². The van der Waals surface area contributed by atoms with Gasteiger partial charge in [-0.25, -0.2) is 9.78 Å². The first-order valence-corrected chi connectivity index (χ1v) is 6.21. The van der Waals surface area contributed by atoms with Gasteiger partial charge in [0.2, 0.25) is 5.88 Å². The first-order valence-electron chi connectivity index (χ1n) is 6.21. The number of carbonyl (C=O) groups is 1. The summed E-state index contributed by atoms with van der Waals surface area (Å²) in [6, 6.07) is 10.7. The molecule has 0 amide bonds. The Hall–Kier alpha value is -2.40. The topological polar surface area (TPSA) is 71.5 Å². The van der Waals surface area contributed by atoms with E-state index in [4.69, 9.17) is 9.84 Å². The van der Waals surface area contributed by atoms with Crippen LogP contribution in [0.15, 0.2) is 42.6 Å². The second-order valence-electron chi connectivity index (χ2n) is 4.28. The maximum absolute atomic E-state index is 10.9. The molecular weight excluding hydrogens is 256 g/mol. The molecule has 0 aliphatic carbocycles. The van der Waals surface area contributed by atoms with Crippen LogP contribution in [0.5, 0.6) is 5.88 Å². The fourth-order valence-electron chi connectivity index (χ4n) is 1.90. The van der Waals surface area contributed by atoms with Crippen molar-refractivity contribution in [3.63, 3.8) is 0 Å². The van der Waals surface area contributed by atoms with Gasteiger partial charge in [0.05, 0.1) is 12.7 Å². The largest absolute Gasteiger partial charge is 0.481 e. The number of carboxylic acids is 1. The number of pyridine rings is 1. The Bertz CT molecular complexity index is 599. The average Bonchev–Trinajstić information content (AvgIpc) is 2.48. The molecule has 0 saturated carbocycles. The molecule has 0 aliphatic rings. The van der Waals surface area contributed by atoms with Crippen LogP contribution in [0.2, 0.25) is 0 Å². The number of carboxylic acid groups (broad SMARTS) is 1. The van der Waals surface area contributed by atoms with Crippen LogP contribution in [-0.2, 0) is 13.1 Å². The summed E-state index contributed by atoms with van der Waals surface area (Å²) in [5.74, 6) is -0.319. The average molecular weight is 272 g/mol. The summed E-state index contributed by atoms with van der Waals surface area (Å²) in [5, 5.41) is 12.2. The molecule has 0 atom stereocenters. The number of aromatic carboxylic acids is 1. The van der Waals surface area contributed by atoms with E-state index < -0.39 is 5.97 Å². The van der Waals surface area contributed by atoms with Gasteiger partial charge < -0.3 is 15.2 Å². The SMILES string of the molecule is COc1ncccc1CNCc1cccc(C(=O)O)c1. The lowest BCUT2D eigenvalue weighted by atomic mass is 10.1. The molecule has 5 heteroatoms. The zero-order valence-corrected chi connectivity index (χ0v) is 11.2. The summed E-state index contributed by atoms with van der Waals surface area (Å²) in [6.07, 6.45) is 1.68. The van der Waals surface area contributed by atoms with Crippen LogP contribution in [0.3, 0.4) is 0 Å². The first-order chi connectivity index (χ1) is 9.70. The molecule has 0 spiro atoms. The van der Waals surface area contributed by atoms with Gasteiger partial charge >= 0.3 is 5.97 Å². The van der Waals surface area contributed by atoms with E-state index in [1.165, 1.54) is 0 Å². The van der Waals surface area contributed by atoms with Crippen LogP contribution < -0.4 is 10.1 Å². The normalized spacial score (nSPS) is 10.2. The van der Waals surface area contributed by atoms with E-state index in [1.807, 2.05) is 18.2 Å². The third-order valence-electron chi connectivity index (χ3n) is 2.86. The van der Waals surface area contributed by atoms with E-state index in [0.29, 0.717) is 24.5 Å². The molecule has 1 heterocycles. The highest BCUT2D eigenvalue weighted by Gasteiger charge is 2.04. The predicted molar refractivity (Wildman–Crippen MR) is 74.7 cm³/mol. The number of hydrogen-bond donors (Lipinski definition) is 2. The molecule has 104 valence electrons. The third kappa shape index (κ3) is 3.55. The molecule has 0 unspecified atom stereocenters. The van der Waals surface area contributed by atoms with Crippen LogP contribution >= 0.6 is 0 Å². The van der Waals surface area contributed by atoms with Crippen LogP contribution in [0, 0.1) is 0 Å². The fourth-order valence-corrected chi connectivity index (χ4v) is 1.90. The summed E-state index contributed by atoms with van der Waals surface area (Å²) in [4.78, 5) is 15.0. The molecule has 0 radical (unpaired) electrons. The molecule has 0 aliphatic heterocycles. The monoisotopic (exact) mass is 272 g/mol. The second-order valence-corrected chi connectivity index (χ2v) is 4.28. The molecule has 2 rings (SSSR count). The summed E-state index contributed by atoms with van der Waals surface area (Å²) in [6.45, 7) is 1.19. The van der Waals surface area contributed by atoms with Crippen molar-refractivity contribution in [2.24, 2.45) is 0 Å². The number of benzene rings is 1. The van der Waals surface area contributed by atoms with Crippen molar-refractivity contribution in [2.75, 3.05) is 7.11 Å². The number of nitrogens with zero attached hydrogens (tertiary/aromatic N) is 1. The molecule has 0 bridgehead atoms. The van der Waals surface area contributed by atoms with Gasteiger partial charge in [-0.1, -0.05) is 18.2 Å². The van der Waals surface area contributed by atoms with Crippen LogP contribution in [0.4, 0.5) is 0 Å². The molecule has 1 aromatic carbocycles. The minimum atomic E-state index is -0.916. The maximum Gasteiger partial charge on any atom is 0.335 e. The maximum atomic E-state index is 10.9. The van der Waals surface area contributed by atoms with E-state index in [0.717, 1.165) is 11.1 Å². The lowest BCUT2D eigenvalue weighted by Crippen LogP contribution is -2.14. The van der Waals surface area contributed by atoms with Crippen LogP contribution in [-0.4, -0.2) is 23.2 Å². The Morgan fingerprint density at radius 1 is 1.30 bits per heavy atom. The molecule has 1 aromatic heterocycles. The van der Waals surface area contributed by atoms with Gasteiger partial charge in [-0.2, -0.15) is 0 Å². The molecular formula is C15H16N2O3. The molecule has 2 aromatic rings. The summed E-state index contributed by atoms with van der Waals surface area (Å²) >= 11 is 0. The van der Waals surface area contributed by atoms with Crippen molar-refractivity contribution in [3.05, 3.63) is 59.3 Å². The number of aromatic nitrogens is 1. The van der Waals surface area contributed by atoms with Gasteiger partial charge in [-0.3, -0.25) is 0 Å². The predicted octanol–water partition coefficient (Wildman–Crippen LogP) is 2.08. The van der Waals surface area contributed by atoms with Crippen LogP contribution in [0.25, 0.3) is 0 Å².